The highest BCUT2D eigenvalue weighted by Gasteiger charge is 2.42. The first-order valence-corrected chi connectivity index (χ1v) is 13.1. The number of fused-ring (bicyclic) bond motifs is 1. The van der Waals surface area contributed by atoms with Crippen LogP contribution in [-0.4, -0.2) is 36.0 Å². The molecule has 0 saturated heterocycles. The average Bonchev–Trinajstić information content (AvgIpc) is 2.94. The van der Waals surface area contributed by atoms with Crippen LogP contribution in [0, 0.1) is 0 Å². The summed E-state index contributed by atoms with van der Waals surface area (Å²) >= 11 is 0. The van der Waals surface area contributed by atoms with Crippen LogP contribution in [0.3, 0.4) is 0 Å². The molecule has 5 rings (SSSR count). The highest BCUT2D eigenvalue weighted by atomic mass is 16.2. The van der Waals surface area contributed by atoms with Crippen LogP contribution < -0.4 is 5.32 Å². The van der Waals surface area contributed by atoms with E-state index in [1.165, 1.54) is 22.3 Å². The normalized spacial score (nSPS) is 16.9. The van der Waals surface area contributed by atoms with Gasteiger partial charge in [-0.15, -0.1) is 0 Å². The first-order chi connectivity index (χ1) is 18.1. The molecule has 37 heavy (non-hydrogen) atoms. The van der Waals surface area contributed by atoms with Gasteiger partial charge in [0.05, 0.1) is 0 Å². The fourth-order valence-electron chi connectivity index (χ4n) is 5.65. The molecular formula is C33H35N3O. The number of nitrogens with one attached hydrogen (secondary N) is 1. The van der Waals surface area contributed by atoms with Crippen LogP contribution in [0.25, 0.3) is 0 Å². The monoisotopic (exact) mass is 489 g/mol. The van der Waals surface area contributed by atoms with E-state index < -0.39 is 0 Å². The Morgan fingerprint density at radius 2 is 1.46 bits per heavy atom. The van der Waals surface area contributed by atoms with Crippen molar-refractivity contribution in [3.05, 3.63) is 138 Å². The molecule has 188 valence electrons. The van der Waals surface area contributed by atoms with Gasteiger partial charge in [-0.05, 0) is 60.8 Å². The van der Waals surface area contributed by atoms with Crippen molar-refractivity contribution in [3.8, 4) is 0 Å². The van der Waals surface area contributed by atoms with Gasteiger partial charge in [-0.1, -0.05) is 103 Å². The molecule has 0 radical (unpaired) electrons. The molecule has 0 aromatic heterocycles. The van der Waals surface area contributed by atoms with Crippen molar-refractivity contribution in [1.82, 2.24) is 9.80 Å². The van der Waals surface area contributed by atoms with Crippen molar-refractivity contribution < 1.29 is 4.79 Å². The first-order valence-electron chi connectivity index (χ1n) is 13.1. The molecule has 0 saturated carbocycles. The summed E-state index contributed by atoms with van der Waals surface area (Å²) in [6.45, 7) is 3.18. The Balaban J connectivity index is 1.41. The lowest BCUT2D eigenvalue weighted by atomic mass is 9.67. The number of urea groups is 1. The van der Waals surface area contributed by atoms with E-state index in [0.717, 1.165) is 31.6 Å². The number of carbonyl (C=O) groups is 1. The summed E-state index contributed by atoms with van der Waals surface area (Å²) in [6, 6.07) is 39.7. The summed E-state index contributed by atoms with van der Waals surface area (Å²) in [7, 11) is 2.19. The minimum absolute atomic E-state index is 0.0535. The van der Waals surface area contributed by atoms with Gasteiger partial charge in [-0.25, -0.2) is 4.79 Å². The van der Waals surface area contributed by atoms with Crippen molar-refractivity contribution in [2.24, 2.45) is 0 Å². The Morgan fingerprint density at radius 1 is 0.838 bits per heavy atom. The zero-order chi connectivity index (χ0) is 25.5. The van der Waals surface area contributed by atoms with Crippen molar-refractivity contribution >= 4 is 11.7 Å². The summed E-state index contributed by atoms with van der Waals surface area (Å²) in [6.07, 6.45) is 1.99. The molecule has 4 heteroatoms. The van der Waals surface area contributed by atoms with Gasteiger partial charge in [0.1, 0.15) is 0 Å². The maximum Gasteiger partial charge on any atom is 0.322 e. The van der Waals surface area contributed by atoms with E-state index in [4.69, 9.17) is 0 Å². The molecule has 0 bridgehead atoms. The molecule has 0 spiro atoms. The summed E-state index contributed by atoms with van der Waals surface area (Å²) < 4.78 is 0. The van der Waals surface area contributed by atoms with Gasteiger partial charge in [-0.2, -0.15) is 0 Å². The lowest BCUT2D eigenvalue weighted by Gasteiger charge is -2.45. The summed E-state index contributed by atoms with van der Waals surface area (Å²) in [5.74, 6) is 0. The van der Waals surface area contributed by atoms with Gasteiger partial charge < -0.3 is 15.1 Å². The molecule has 4 aromatic carbocycles. The number of carbonyl (C=O) groups excluding carboxylic acids is 1. The van der Waals surface area contributed by atoms with E-state index in [9.17, 15) is 4.79 Å². The largest absolute Gasteiger partial charge is 0.322 e. The van der Waals surface area contributed by atoms with Gasteiger partial charge in [0.15, 0.2) is 0 Å². The number of amides is 2. The van der Waals surface area contributed by atoms with Crippen molar-refractivity contribution in [2.45, 2.75) is 31.3 Å². The van der Waals surface area contributed by atoms with E-state index in [-0.39, 0.29) is 11.4 Å². The third-order valence-corrected chi connectivity index (χ3v) is 7.43. The average molecular weight is 490 g/mol. The van der Waals surface area contributed by atoms with Crippen molar-refractivity contribution in [3.63, 3.8) is 0 Å². The third kappa shape index (κ3) is 5.76. The molecule has 1 aliphatic heterocycles. The lowest BCUT2D eigenvalue weighted by molar-refractivity contribution is 0.181. The molecule has 0 aliphatic carbocycles. The molecule has 1 unspecified atom stereocenters. The number of anilines is 1. The summed E-state index contributed by atoms with van der Waals surface area (Å²) in [5, 5.41) is 3.11. The predicted octanol–water partition coefficient (Wildman–Crippen LogP) is 6.93. The Hall–Kier alpha value is -3.89. The standard InChI is InChI=1S/C33H35N3O/c1-35(24-27-14-5-2-6-15-27)23-13-22-33(29-17-7-3-8-18-29)26-36(25-28-16-11-12-21-31(28)33)32(37)34-30-19-9-4-10-20-30/h2-12,14-21H,13,22-26H2,1H3,(H,34,37). The van der Waals surface area contributed by atoms with Crippen LogP contribution in [0.5, 0.6) is 0 Å². The van der Waals surface area contributed by atoms with E-state index in [1.807, 2.05) is 35.2 Å². The van der Waals surface area contributed by atoms with Crippen LogP contribution in [0.15, 0.2) is 115 Å². The number of nitrogens with zero attached hydrogens (tertiary/aromatic N) is 2. The van der Waals surface area contributed by atoms with Gasteiger partial charge in [0.25, 0.3) is 0 Å². The molecule has 1 N–H and O–H groups in total. The lowest BCUT2D eigenvalue weighted by Crippen LogP contribution is -2.50. The molecule has 4 aromatic rings. The summed E-state index contributed by atoms with van der Waals surface area (Å²) in [5.41, 5.74) is 5.71. The fraction of sp³-hybridized carbons (Fsp3) is 0.242. The Bertz CT molecular complexity index is 1290. The Morgan fingerprint density at radius 3 is 2.19 bits per heavy atom. The van der Waals surface area contributed by atoms with Crippen molar-refractivity contribution in [2.75, 3.05) is 25.5 Å². The fourth-order valence-corrected chi connectivity index (χ4v) is 5.65. The second kappa shape index (κ2) is 11.4. The van der Waals surface area contributed by atoms with Crippen molar-refractivity contribution in [1.29, 1.82) is 0 Å². The zero-order valence-electron chi connectivity index (χ0n) is 21.5. The molecule has 1 aliphatic rings. The topological polar surface area (TPSA) is 35.6 Å². The minimum atomic E-state index is -0.266. The maximum atomic E-state index is 13.5. The third-order valence-electron chi connectivity index (χ3n) is 7.43. The first kappa shape index (κ1) is 24.8. The highest BCUT2D eigenvalue weighted by molar-refractivity contribution is 5.89. The zero-order valence-corrected chi connectivity index (χ0v) is 21.5. The highest BCUT2D eigenvalue weighted by Crippen LogP contribution is 2.43. The molecule has 1 atom stereocenters. The molecule has 1 heterocycles. The molecule has 2 amide bonds. The molecular weight excluding hydrogens is 454 g/mol. The quantitative estimate of drug-likeness (QED) is 0.291. The minimum Gasteiger partial charge on any atom is -0.319 e. The van der Waals surface area contributed by atoms with E-state index >= 15 is 0 Å². The van der Waals surface area contributed by atoms with Gasteiger partial charge in [-0.3, -0.25) is 0 Å². The SMILES string of the molecule is CN(CCCC1(c2ccccc2)CN(C(=O)Nc2ccccc2)Cc2ccccc21)Cc1ccccc1. The van der Waals surface area contributed by atoms with Gasteiger partial charge in [0, 0.05) is 30.7 Å². The van der Waals surface area contributed by atoms with E-state index in [0.29, 0.717) is 13.1 Å². The van der Waals surface area contributed by atoms with Gasteiger partial charge >= 0.3 is 6.03 Å². The Labute approximate surface area is 220 Å². The van der Waals surface area contributed by atoms with Crippen LogP contribution in [-0.2, 0) is 18.5 Å². The van der Waals surface area contributed by atoms with E-state index in [2.05, 4.69) is 102 Å². The van der Waals surface area contributed by atoms with Crippen LogP contribution in [0.1, 0.15) is 35.1 Å². The summed E-state index contributed by atoms with van der Waals surface area (Å²) in [4.78, 5) is 17.9. The Kier molecular flexibility index (Phi) is 7.67. The van der Waals surface area contributed by atoms with Crippen LogP contribution >= 0.6 is 0 Å². The maximum absolute atomic E-state index is 13.5. The number of para-hydroxylation sites is 1. The predicted molar refractivity (Wildman–Crippen MR) is 152 cm³/mol. The molecule has 4 nitrogen and oxygen atoms in total. The van der Waals surface area contributed by atoms with E-state index in [1.54, 1.807) is 0 Å². The van der Waals surface area contributed by atoms with Gasteiger partial charge in [0.2, 0.25) is 0 Å². The smallest absolute Gasteiger partial charge is 0.319 e. The molecule has 0 fully saturated rings. The second-order valence-electron chi connectivity index (χ2n) is 10.1. The number of hydrogen-bond donors (Lipinski definition) is 1. The second-order valence-corrected chi connectivity index (χ2v) is 10.1. The number of rotatable bonds is 8. The van der Waals surface area contributed by atoms with Crippen LogP contribution in [0.2, 0.25) is 0 Å². The number of hydrogen-bond acceptors (Lipinski definition) is 2. The van der Waals surface area contributed by atoms with Crippen LogP contribution in [0.4, 0.5) is 10.5 Å². The number of benzene rings is 4.